The van der Waals surface area contributed by atoms with Crippen LogP contribution >= 0.6 is 0 Å². The smallest absolute Gasteiger partial charge is 0.251 e. The highest BCUT2D eigenvalue weighted by atomic mass is 16.5. The molecule has 9 heteroatoms. The second-order valence-electron chi connectivity index (χ2n) is 11.5. The maximum absolute atomic E-state index is 13.6. The molecule has 2 aliphatic heterocycles. The Morgan fingerprint density at radius 2 is 1.95 bits per heavy atom. The van der Waals surface area contributed by atoms with Crippen LogP contribution in [0.1, 0.15) is 87.4 Å². The summed E-state index contributed by atoms with van der Waals surface area (Å²) < 4.78 is 11.4. The van der Waals surface area contributed by atoms with Crippen LogP contribution in [-0.2, 0) is 9.53 Å². The number of methoxy groups -OCH3 is 1. The van der Waals surface area contributed by atoms with E-state index in [0.717, 1.165) is 5.56 Å². The zero-order chi connectivity index (χ0) is 28.6. The van der Waals surface area contributed by atoms with Gasteiger partial charge in [0.2, 0.25) is 5.91 Å². The van der Waals surface area contributed by atoms with E-state index in [4.69, 9.17) is 14.9 Å². The summed E-state index contributed by atoms with van der Waals surface area (Å²) in [4.78, 5) is 28.4. The molecule has 2 unspecified atom stereocenters. The van der Waals surface area contributed by atoms with Crippen molar-refractivity contribution >= 4 is 17.8 Å². The Morgan fingerprint density at radius 3 is 2.62 bits per heavy atom. The monoisotopic (exact) mass is 536 g/mol. The fourth-order valence-electron chi connectivity index (χ4n) is 5.31. The van der Waals surface area contributed by atoms with Gasteiger partial charge in [0.05, 0.1) is 18.5 Å². The number of aliphatic hydroxyl groups is 1. The minimum Gasteiger partial charge on any atom is -0.484 e. The molecular weight excluding hydrogens is 496 g/mol. The number of ether oxygens (including phenoxy) is 2. The van der Waals surface area contributed by atoms with Gasteiger partial charge in [0, 0.05) is 30.4 Å². The lowest BCUT2D eigenvalue weighted by Gasteiger charge is -2.49. The van der Waals surface area contributed by atoms with Gasteiger partial charge in [-0.05, 0) is 64.3 Å². The number of fused-ring (bicyclic) bond motifs is 1. The largest absolute Gasteiger partial charge is 0.484 e. The number of carbonyl (C=O) groups excluding carboxylic acids is 2. The van der Waals surface area contributed by atoms with E-state index in [2.05, 4.69) is 10.6 Å². The van der Waals surface area contributed by atoms with E-state index in [1.807, 2.05) is 44.2 Å². The normalized spacial score (nSPS) is 26.7. The number of nitrogens with zero attached hydrogens (tertiary/aromatic N) is 1. The molecule has 4 N–H and O–H groups in total. The highest BCUT2D eigenvalue weighted by Crippen LogP contribution is 2.46. The van der Waals surface area contributed by atoms with E-state index in [0.29, 0.717) is 36.3 Å². The third kappa shape index (κ3) is 5.38. The van der Waals surface area contributed by atoms with Gasteiger partial charge >= 0.3 is 0 Å². The lowest BCUT2D eigenvalue weighted by Crippen LogP contribution is -2.62. The Kier molecular flexibility index (Phi) is 7.78. The van der Waals surface area contributed by atoms with E-state index >= 15 is 0 Å². The molecule has 210 valence electrons. The van der Waals surface area contributed by atoms with Crippen LogP contribution < -0.4 is 15.4 Å². The van der Waals surface area contributed by atoms with Crippen molar-refractivity contribution in [3.05, 3.63) is 65.2 Å². The van der Waals surface area contributed by atoms with Gasteiger partial charge in [-0.15, -0.1) is 0 Å². The quantitative estimate of drug-likeness (QED) is 0.403. The van der Waals surface area contributed by atoms with Crippen molar-refractivity contribution in [3.8, 4) is 5.75 Å². The molecule has 0 saturated carbocycles. The van der Waals surface area contributed by atoms with Crippen molar-refractivity contribution in [3.63, 3.8) is 0 Å². The molecule has 1 saturated heterocycles. The summed E-state index contributed by atoms with van der Waals surface area (Å²) in [7, 11) is 1.59. The number of carbonyl (C=O) groups is 2. The van der Waals surface area contributed by atoms with Gasteiger partial charge in [-0.2, -0.15) is 0 Å². The number of hydrogen-bond donors (Lipinski definition) is 4. The number of hydrogen-bond acceptors (Lipinski definition) is 6. The molecule has 1 fully saturated rings. The molecule has 0 bridgehead atoms. The van der Waals surface area contributed by atoms with Gasteiger partial charge in [0.1, 0.15) is 17.0 Å². The van der Waals surface area contributed by atoms with Crippen LogP contribution in [0.4, 0.5) is 0 Å². The van der Waals surface area contributed by atoms with E-state index in [9.17, 15) is 14.7 Å². The Balaban J connectivity index is 1.64. The zero-order valence-corrected chi connectivity index (χ0v) is 23.6. The molecule has 9 nitrogen and oxygen atoms in total. The van der Waals surface area contributed by atoms with E-state index in [1.54, 1.807) is 46.1 Å². The highest BCUT2D eigenvalue weighted by Gasteiger charge is 2.53. The van der Waals surface area contributed by atoms with Crippen LogP contribution in [0.15, 0.2) is 48.5 Å². The highest BCUT2D eigenvalue weighted by molar-refractivity contribution is 6.00. The van der Waals surface area contributed by atoms with Crippen LogP contribution in [0.5, 0.6) is 5.75 Å². The number of para-hydroxylation sites is 1. The molecule has 0 radical (unpaired) electrons. The Morgan fingerprint density at radius 1 is 1.23 bits per heavy atom. The van der Waals surface area contributed by atoms with Gasteiger partial charge in [-0.1, -0.05) is 37.3 Å². The molecule has 2 aliphatic rings. The predicted molar refractivity (Wildman–Crippen MR) is 149 cm³/mol. The van der Waals surface area contributed by atoms with Gasteiger partial charge in [-0.3, -0.25) is 19.9 Å². The summed E-state index contributed by atoms with van der Waals surface area (Å²) in [6, 6.07) is 13.2. The van der Waals surface area contributed by atoms with Gasteiger partial charge in [-0.25, -0.2) is 0 Å². The Hall–Kier alpha value is -3.43. The number of amides is 2. The van der Waals surface area contributed by atoms with Crippen LogP contribution in [0.2, 0.25) is 0 Å². The van der Waals surface area contributed by atoms with E-state index in [1.165, 1.54) is 4.90 Å². The number of guanidine groups is 1. The maximum Gasteiger partial charge on any atom is 0.251 e. The molecule has 2 heterocycles. The average molecular weight is 537 g/mol. The van der Waals surface area contributed by atoms with Crippen molar-refractivity contribution in [2.75, 3.05) is 13.7 Å². The molecule has 0 spiro atoms. The van der Waals surface area contributed by atoms with Crippen molar-refractivity contribution in [1.82, 2.24) is 15.5 Å². The van der Waals surface area contributed by atoms with Crippen LogP contribution in [-0.4, -0.2) is 58.2 Å². The summed E-state index contributed by atoms with van der Waals surface area (Å²) >= 11 is 0. The van der Waals surface area contributed by atoms with E-state index in [-0.39, 0.29) is 24.2 Å². The molecule has 4 rings (SSSR count). The number of rotatable bonds is 8. The molecule has 2 amide bonds. The zero-order valence-electron chi connectivity index (χ0n) is 23.6. The first-order valence-electron chi connectivity index (χ1n) is 13.4. The molecule has 4 atom stereocenters. The molecular formula is C30H40N4O5. The lowest BCUT2D eigenvalue weighted by atomic mass is 9.75. The molecule has 0 aromatic heterocycles. The lowest BCUT2D eigenvalue weighted by molar-refractivity contribution is -0.137. The van der Waals surface area contributed by atoms with Crippen molar-refractivity contribution < 1.29 is 24.2 Å². The predicted octanol–water partition coefficient (Wildman–Crippen LogP) is 4.08. The van der Waals surface area contributed by atoms with Gasteiger partial charge in [0.15, 0.2) is 5.96 Å². The molecule has 39 heavy (non-hydrogen) atoms. The van der Waals surface area contributed by atoms with Crippen LogP contribution in [0.3, 0.4) is 0 Å². The maximum atomic E-state index is 13.6. The minimum atomic E-state index is -1.40. The number of nitrogens with one attached hydrogen (secondary N) is 3. The molecule has 2 aromatic carbocycles. The summed E-state index contributed by atoms with van der Waals surface area (Å²) in [6.45, 7) is 9.56. The first-order chi connectivity index (χ1) is 18.3. The average Bonchev–Trinajstić information content (AvgIpc) is 2.88. The fraction of sp³-hybridized carbons (Fsp3) is 0.500. The van der Waals surface area contributed by atoms with Crippen molar-refractivity contribution in [1.29, 1.82) is 5.41 Å². The van der Waals surface area contributed by atoms with Gasteiger partial charge < -0.3 is 25.2 Å². The summed E-state index contributed by atoms with van der Waals surface area (Å²) in [5.41, 5.74) is -1.02. The second-order valence-corrected chi connectivity index (χ2v) is 11.5. The van der Waals surface area contributed by atoms with Crippen LogP contribution in [0, 0.1) is 5.41 Å². The molecule has 2 aromatic rings. The summed E-state index contributed by atoms with van der Waals surface area (Å²) in [5.74, 6) is 0.151. The van der Waals surface area contributed by atoms with Crippen molar-refractivity contribution in [2.45, 2.75) is 82.7 Å². The minimum absolute atomic E-state index is 0.0450. The summed E-state index contributed by atoms with van der Waals surface area (Å²) in [5, 5.41) is 26.4. The number of benzene rings is 2. The first-order valence-corrected chi connectivity index (χ1v) is 13.4. The SMILES string of the molecule is CC[C@]1(C)CC(=O)N([C@H](CCOC)c2cccc(C(=O)NC3c4ccccc4OC(C)(C)C3(C)O)c2)C(=N)N1. The fourth-order valence-corrected chi connectivity index (χ4v) is 5.31. The van der Waals surface area contributed by atoms with Crippen molar-refractivity contribution in [2.24, 2.45) is 0 Å². The topological polar surface area (TPSA) is 124 Å². The Bertz CT molecular complexity index is 1240. The Labute approximate surface area is 230 Å². The van der Waals surface area contributed by atoms with Gasteiger partial charge in [0.25, 0.3) is 5.91 Å². The van der Waals surface area contributed by atoms with Crippen LogP contribution in [0.25, 0.3) is 0 Å². The standard InChI is InChI=1S/C30H40N4O5/c1-7-29(4)18-24(35)34(27(31)33-29)22(15-16-38-6)19-11-10-12-20(17-19)26(36)32-25-21-13-8-9-14-23(21)39-28(2,3)30(25,5)37/h8-14,17,22,25,37H,7,15-16,18H2,1-6H3,(H2,31,33)(H,32,36)/t22-,25?,29-,30?/m1/s1. The second kappa shape index (κ2) is 10.6. The third-order valence-corrected chi connectivity index (χ3v) is 8.34. The summed E-state index contributed by atoms with van der Waals surface area (Å²) in [6.07, 6.45) is 1.43. The molecule has 0 aliphatic carbocycles. The van der Waals surface area contributed by atoms with E-state index < -0.39 is 28.8 Å². The third-order valence-electron chi connectivity index (χ3n) is 8.34. The first kappa shape index (κ1) is 28.6.